The lowest BCUT2D eigenvalue weighted by molar-refractivity contribution is 0.894. The van der Waals surface area contributed by atoms with Crippen molar-refractivity contribution in [1.29, 1.82) is 5.26 Å². The van der Waals surface area contributed by atoms with Crippen LogP contribution < -0.4 is 5.73 Å². The summed E-state index contributed by atoms with van der Waals surface area (Å²) < 4.78 is 1.54. The number of anilines is 1. The number of rotatable bonds is 2. The summed E-state index contributed by atoms with van der Waals surface area (Å²) in [4.78, 5) is 0. The van der Waals surface area contributed by atoms with Crippen LogP contribution in [-0.4, -0.2) is 9.78 Å². The molecule has 4 nitrogen and oxygen atoms in total. The smallest absolute Gasteiger partial charge is 0.145 e. The van der Waals surface area contributed by atoms with Gasteiger partial charge in [-0.3, -0.25) is 0 Å². The van der Waals surface area contributed by atoms with Gasteiger partial charge in [0.15, 0.2) is 0 Å². The molecule has 3 rings (SSSR count). The highest BCUT2D eigenvalue weighted by atomic mass is 35.5. The van der Waals surface area contributed by atoms with Crippen LogP contribution in [0.4, 0.5) is 5.82 Å². The van der Waals surface area contributed by atoms with Gasteiger partial charge in [0, 0.05) is 10.6 Å². The fraction of sp³-hybridized carbons (Fsp3) is 0.0588. The van der Waals surface area contributed by atoms with E-state index in [0.717, 1.165) is 11.3 Å². The highest BCUT2D eigenvalue weighted by molar-refractivity contribution is 6.36. The van der Waals surface area contributed by atoms with E-state index in [4.69, 9.17) is 28.9 Å². The van der Waals surface area contributed by atoms with Crippen molar-refractivity contribution in [3.05, 3.63) is 63.6 Å². The summed E-state index contributed by atoms with van der Waals surface area (Å²) in [6.07, 6.45) is 0. The van der Waals surface area contributed by atoms with Crippen molar-refractivity contribution in [3.63, 3.8) is 0 Å². The molecule has 0 aliphatic carbocycles. The number of aromatic nitrogens is 2. The van der Waals surface area contributed by atoms with Gasteiger partial charge in [-0.25, -0.2) is 4.68 Å². The number of aryl methyl sites for hydroxylation is 1. The Hall–Kier alpha value is -2.48. The maximum atomic E-state index is 9.46. The molecule has 3 aromatic rings. The molecule has 1 heterocycles. The highest BCUT2D eigenvalue weighted by Crippen LogP contribution is 2.34. The third kappa shape index (κ3) is 2.77. The van der Waals surface area contributed by atoms with Crippen LogP contribution in [0.15, 0.2) is 42.5 Å². The van der Waals surface area contributed by atoms with Crippen LogP contribution in [0.3, 0.4) is 0 Å². The van der Waals surface area contributed by atoms with Crippen molar-refractivity contribution < 1.29 is 0 Å². The molecule has 0 unspecified atom stereocenters. The first-order valence-electron chi connectivity index (χ1n) is 6.82. The van der Waals surface area contributed by atoms with E-state index in [9.17, 15) is 5.26 Å². The highest BCUT2D eigenvalue weighted by Gasteiger charge is 2.20. The minimum atomic E-state index is 0.275. The molecular weight excluding hydrogens is 331 g/mol. The number of nitriles is 1. The lowest BCUT2D eigenvalue weighted by Crippen LogP contribution is -2.02. The molecule has 0 saturated carbocycles. The first kappa shape index (κ1) is 15.4. The van der Waals surface area contributed by atoms with E-state index >= 15 is 0 Å². The first-order valence-corrected chi connectivity index (χ1v) is 7.58. The Bertz CT molecular complexity index is 921. The molecule has 0 atom stereocenters. The molecule has 0 fully saturated rings. The van der Waals surface area contributed by atoms with E-state index in [1.54, 1.807) is 18.2 Å². The van der Waals surface area contributed by atoms with Gasteiger partial charge in [0.2, 0.25) is 0 Å². The average Bonchev–Trinajstić information content (AvgIpc) is 2.84. The van der Waals surface area contributed by atoms with E-state index in [0.29, 0.717) is 21.3 Å². The lowest BCUT2D eigenvalue weighted by atomic mass is 10.1. The zero-order chi connectivity index (χ0) is 16.6. The Morgan fingerprint density at radius 2 is 1.83 bits per heavy atom. The fourth-order valence-electron chi connectivity index (χ4n) is 2.29. The van der Waals surface area contributed by atoms with E-state index in [-0.39, 0.29) is 11.4 Å². The maximum absolute atomic E-state index is 9.46. The van der Waals surface area contributed by atoms with Crippen molar-refractivity contribution >= 4 is 29.0 Å². The zero-order valence-corrected chi connectivity index (χ0v) is 13.7. The Balaban J connectivity index is 2.21. The number of halogens is 2. The van der Waals surface area contributed by atoms with Crippen LogP contribution in [0.25, 0.3) is 16.9 Å². The van der Waals surface area contributed by atoms with E-state index < -0.39 is 0 Å². The monoisotopic (exact) mass is 342 g/mol. The average molecular weight is 343 g/mol. The summed E-state index contributed by atoms with van der Waals surface area (Å²) in [7, 11) is 0. The van der Waals surface area contributed by atoms with Gasteiger partial charge in [0.1, 0.15) is 23.1 Å². The number of benzene rings is 2. The largest absolute Gasteiger partial charge is 0.382 e. The van der Waals surface area contributed by atoms with Crippen LogP contribution in [0.1, 0.15) is 11.1 Å². The predicted octanol–water partition coefficient (Wildman–Crippen LogP) is 4.61. The minimum Gasteiger partial charge on any atom is -0.382 e. The van der Waals surface area contributed by atoms with E-state index in [2.05, 4.69) is 11.2 Å². The second-order valence-corrected chi connectivity index (χ2v) is 5.94. The molecule has 23 heavy (non-hydrogen) atoms. The third-order valence-electron chi connectivity index (χ3n) is 3.50. The molecule has 0 aliphatic rings. The SMILES string of the molecule is Cc1ccc(-n2nc(-c3ccc(Cl)cc3Cl)c(C#N)c2N)cc1. The maximum Gasteiger partial charge on any atom is 0.145 e. The normalized spacial score (nSPS) is 10.5. The summed E-state index contributed by atoms with van der Waals surface area (Å²) in [5, 5.41) is 14.9. The molecular formula is C17H12Cl2N4. The molecule has 114 valence electrons. The van der Waals surface area contributed by atoms with Gasteiger partial charge in [0.05, 0.1) is 10.7 Å². The summed E-state index contributed by atoms with van der Waals surface area (Å²) in [6.45, 7) is 2.00. The Kier molecular flexibility index (Phi) is 3.99. The molecule has 0 saturated heterocycles. The molecule has 0 spiro atoms. The van der Waals surface area contributed by atoms with Crippen molar-refractivity contribution in [2.45, 2.75) is 6.92 Å². The number of hydrogen-bond donors (Lipinski definition) is 1. The molecule has 2 aromatic carbocycles. The number of nitrogens with two attached hydrogens (primary N) is 1. The van der Waals surface area contributed by atoms with Crippen LogP contribution in [0.2, 0.25) is 10.0 Å². The molecule has 2 N–H and O–H groups in total. The molecule has 0 bridgehead atoms. The van der Waals surface area contributed by atoms with Gasteiger partial charge >= 0.3 is 0 Å². The van der Waals surface area contributed by atoms with Crippen molar-refractivity contribution in [1.82, 2.24) is 9.78 Å². The van der Waals surface area contributed by atoms with E-state index in [1.807, 2.05) is 31.2 Å². The standard InChI is InChI=1S/C17H12Cl2N4/c1-10-2-5-12(6-3-10)23-17(21)14(9-20)16(22-23)13-7-4-11(18)8-15(13)19/h2-8H,21H2,1H3. The Labute approximate surface area is 143 Å². The van der Waals surface area contributed by atoms with Gasteiger partial charge in [-0.15, -0.1) is 0 Å². The topological polar surface area (TPSA) is 67.6 Å². The molecule has 0 amide bonds. The second kappa shape index (κ2) is 5.96. The Morgan fingerprint density at radius 3 is 2.43 bits per heavy atom. The quantitative estimate of drug-likeness (QED) is 0.739. The molecule has 0 aliphatic heterocycles. The van der Waals surface area contributed by atoms with Gasteiger partial charge < -0.3 is 5.73 Å². The summed E-state index contributed by atoms with van der Waals surface area (Å²) in [5.74, 6) is 0.275. The predicted molar refractivity (Wildman–Crippen MR) is 92.9 cm³/mol. The van der Waals surface area contributed by atoms with Crippen LogP contribution in [0, 0.1) is 18.3 Å². The van der Waals surface area contributed by atoms with Crippen molar-refractivity contribution in [2.75, 3.05) is 5.73 Å². The second-order valence-electron chi connectivity index (χ2n) is 5.09. The molecule has 0 radical (unpaired) electrons. The first-order chi connectivity index (χ1) is 11.0. The Morgan fingerprint density at radius 1 is 1.13 bits per heavy atom. The van der Waals surface area contributed by atoms with Crippen molar-refractivity contribution in [3.8, 4) is 23.0 Å². The number of hydrogen-bond acceptors (Lipinski definition) is 3. The summed E-state index contributed by atoms with van der Waals surface area (Å²) in [5.41, 5.74) is 9.36. The number of nitrogens with zero attached hydrogens (tertiary/aromatic N) is 3. The minimum absolute atomic E-state index is 0.275. The van der Waals surface area contributed by atoms with Crippen LogP contribution in [-0.2, 0) is 0 Å². The van der Waals surface area contributed by atoms with Crippen molar-refractivity contribution in [2.24, 2.45) is 0 Å². The number of nitrogen functional groups attached to an aromatic ring is 1. The molecule has 6 heteroatoms. The molecule has 1 aromatic heterocycles. The zero-order valence-electron chi connectivity index (χ0n) is 12.2. The van der Waals surface area contributed by atoms with Crippen LogP contribution in [0.5, 0.6) is 0 Å². The third-order valence-corrected chi connectivity index (χ3v) is 4.05. The van der Waals surface area contributed by atoms with Gasteiger partial charge in [-0.1, -0.05) is 40.9 Å². The van der Waals surface area contributed by atoms with Gasteiger partial charge in [-0.2, -0.15) is 10.4 Å². The summed E-state index contributed by atoms with van der Waals surface area (Å²) >= 11 is 12.2. The van der Waals surface area contributed by atoms with Gasteiger partial charge in [-0.05, 0) is 37.3 Å². The lowest BCUT2D eigenvalue weighted by Gasteiger charge is -2.04. The summed E-state index contributed by atoms with van der Waals surface area (Å²) in [6, 6.07) is 14.8. The van der Waals surface area contributed by atoms with Crippen LogP contribution >= 0.6 is 23.2 Å². The fourth-order valence-corrected chi connectivity index (χ4v) is 2.79. The van der Waals surface area contributed by atoms with E-state index in [1.165, 1.54) is 4.68 Å². The van der Waals surface area contributed by atoms with Gasteiger partial charge in [0.25, 0.3) is 0 Å².